The molecule has 0 aromatic heterocycles. The Morgan fingerprint density at radius 1 is 0.366 bits per heavy atom. The summed E-state index contributed by atoms with van der Waals surface area (Å²) in [7, 11) is 0. The van der Waals surface area contributed by atoms with Crippen molar-refractivity contribution in [1.82, 2.24) is 0 Å². The van der Waals surface area contributed by atoms with E-state index in [2.05, 4.69) is 83.1 Å². The first-order valence-electron chi connectivity index (χ1n) is 18.7. The molecule has 0 radical (unpaired) electrons. The molecule has 8 fully saturated rings. The Labute approximate surface area is 258 Å². The molecule has 12 unspecified atom stereocenters. The van der Waals surface area contributed by atoms with E-state index in [4.69, 9.17) is 0 Å². The molecule has 0 nitrogen and oxygen atoms in total. The molecule has 0 aromatic rings. The van der Waals surface area contributed by atoms with Gasteiger partial charge in [-0.05, 0) is 0 Å². The average molecular weight is 601 g/mol. The van der Waals surface area contributed by atoms with Gasteiger partial charge in [0.05, 0.1) is 0 Å². The Hall–Kier alpha value is 0.532. The molecular formula is C40H68Cr. The summed E-state index contributed by atoms with van der Waals surface area (Å²) in [6, 6.07) is 0. The van der Waals surface area contributed by atoms with E-state index in [1.165, 1.54) is 0 Å². The Balaban J connectivity index is 1.54. The van der Waals surface area contributed by atoms with Crippen LogP contribution in [0.15, 0.2) is 0 Å². The van der Waals surface area contributed by atoms with Crippen LogP contribution in [0.2, 0.25) is 17.1 Å². The summed E-state index contributed by atoms with van der Waals surface area (Å²) < 4.78 is 2.73. The van der Waals surface area contributed by atoms with Crippen LogP contribution in [0.4, 0.5) is 0 Å². The molecule has 0 spiro atoms. The van der Waals surface area contributed by atoms with Crippen LogP contribution >= 0.6 is 0 Å². The Morgan fingerprint density at radius 2 is 0.561 bits per heavy atom. The molecule has 0 aromatic carbocycles. The summed E-state index contributed by atoms with van der Waals surface area (Å²) in [5, 5.41) is 0. The van der Waals surface area contributed by atoms with Gasteiger partial charge < -0.3 is 0 Å². The minimum absolute atomic E-state index is 0.533. The van der Waals surface area contributed by atoms with Crippen molar-refractivity contribution in [1.29, 1.82) is 0 Å². The van der Waals surface area contributed by atoms with Crippen molar-refractivity contribution >= 4 is 0 Å². The quantitative estimate of drug-likeness (QED) is 0.301. The molecule has 8 aliphatic carbocycles. The van der Waals surface area contributed by atoms with Gasteiger partial charge in [-0.15, -0.1) is 0 Å². The summed E-state index contributed by atoms with van der Waals surface area (Å²) in [4.78, 5) is 0. The van der Waals surface area contributed by atoms with Crippen LogP contribution in [0, 0.1) is 69.0 Å². The fourth-order valence-corrected chi connectivity index (χ4v) is 35.3. The predicted molar refractivity (Wildman–Crippen MR) is 172 cm³/mol. The second kappa shape index (κ2) is 7.73. The first-order chi connectivity index (χ1) is 18.9. The molecule has 0 heterocycles. The van der Waals surface area contributed by atoms with Gasteiger partial charge in [0.2, 0.25) is 0 Å². The van der Waals surface area contributed by atoms with Crippen molar-refractivity contribution in [3.8, 4) is 0 Å². The van der Waals surface area contributed by atoms with Crippen molar-refractivity contribution < 1.29 is 13.1 Å². The van der Waals surface area contributed by atoms with Crippen molar-refractivity contribution in [2.24, 2.45) is 69.0 Å². The molecule has 8 saturated carbocycles. The Morgan fingerprint density at radius 3 is 0.707 bits per heavy atom. The van der Waals surface area contributed by atoms with E-state index in [-0.39, 0.29) is 0 Å². The van der Waals surface area contributed by atoms with Gasteiger partial charge in [-0.1, -0.05) is 0 Å². The molecule has 1 heteroatoms. The third-order valence-corrected chi connectivity index (χ3v) is 32.4. The number of hydrogen-bond donors (Lipinski definition) is 0. The van der Waals surface area contributed by atoms with Crippen LogP contribution in [0.5, 0.6) is 0 Å². The normalized spacial score (nSPS) is 60.2. The summed E-state index contributed by atoms with van der Waals surface area (Å²) >= 11 is -2.43. The average Bonchev–Trinajstić information content (AvgIpc) is 3.74. The van der Waals surface area contributed by atoms with E-state index in [0.717, 1.165) is 47.3 Å². The molecule has 0 amide bonds. The van der Waals surface area contributed by atoms with Crippen LogP contribution in [-0.2, 0) is 13.1 Å². The van der Waals surface area contributed by atoms with Gasteiger partial charge in [0.15, 0.2) is 0 Å². The zero-order chi connectivity index (χ0) is 29.6. The van der Waals surface area contributed by atoms with Crippen LogP contribution in [0.25, 0.3) is 0 Å². The maximum absolute atomic E-state index is 2.89. The van der Waals surface area contributed by atoms with Crippen molar-refractivity contribution in [2.45, 2.75) is 177 Å². The fourth-order valence-electron chi connectivity index (χ4n) is 17.0. The summed E-state index contributed by atoms with van der Waals surface area (Å²) in [6.45, 7) is 33.8. The predicted octanol–water partition coefficient (Wildman–Crippen LogP) is 12.7. The van der Waals surface area contributed by atoms with Gasteiger partial charge in [0, 0.05) is 0 Å². The van der Waals surface area contributed by atoms with Crippen LogP contribution < -0.4 is 0 Å². The van der Waals surface area contributed by atoms with Gasteiger partial charge in [-0.3, -0.25) is 0 Å². The zero-order valence-electron chi connectivity index (χ0n) is 29.5. The molecule has 41 heavy (non-hydrogen) atoms. The third-order valence-electron chi connectivity index (χ3n) is 20.3. The van der Waals surface area contributed by atoms with Gasteiger partial charge in [-0.25, -0.2) is 0 Å². The monoisotopic (exact) mass is 600 g/mol. The molecule has 0 aliphatic heterocycles. The van der Waals surface area contributed by atoms with Crippen LogP contribution in [-0.4, -0.2) is 0 Å². The van der Waals surface area contributed by atoms with Crippen molar-refractivity contribution in [2.75, 3.05) is 0 Å². The zero-order valence-corrected chi connectivity index (χ0v) is 30.8. The van der Waals surface area contributed by atoms with Crippen LogP contribution in [0.1, 0.15) is 160 Å². The summed E-state index contributed by atoms with van der Waals surface area (Å²) in [6.07, 6.45) is 19.5. The van der Waals surface area contributed by atoms with Gasteiger partial charge in [-0.2, -0.15) is 0 Å². The van der Waals surface area contributed by atoms with Gasteiger partial charge >= 0.3 is 259 Å². The van der Waals surface area contributed by atoms with E-state index in [1.54, 1.807) is 77.0 Å². The van der Waals surface area contributed by atoms with E-state index in [9.17, 15) is 0 Å². The van der Waals surface area contributed by atoms with E-state index < -0.39 is 13.1 Å². The molecule has 8 rings (SSSR count). The Bertz CT molecular complexity index is 976. The summed E-state index contributed by atoms with van der Waals surface area (Å²) in [5.74, 6) is 7.65. The molecule has 234 valence electrons. The van der Waals surface area contributed by atoms with E-state index in [1.807, 2.05) is 0 Å². The molecule has 12 atom stereocenters. The molecule has 0 saturated heterocycles. The second-order valence-electron chi connectivity index (χ2n) is 20.8. The summed E-state index contributed by atoms with van der Waals surface area (Å²) in [5.41, 5.74) is 2.13. The van der Waals surface area contributed by atoms with Crippen molar-refractivity contribution in [3.63, 3.8) is 0 Å². The SMILES string of the molecule is CC1C(C)(C)C2CC[C]1([Cr]([C]13CCC(C1)C(C)(C)C3C)([C]13CCC(C1)C(C)(C)C3C)[C]13CCC(C1)C(C)(C)C3C)C2. The van der Waals surface area contributed by atoms with Gasteiger partial charge in [0.25, 0.3) is 0 Å². The van der Waals surface area contributed by atoms with Gasteiger partial charge in [0.1, 0.15) is 0 Å². The molecule has 8 aliphatic rings. The molecule has 8 bridgehead atoms. The topological polar surface area (TPSA) is 0 Å². The number of hydrogen-bond acceptors (Lipinski definition) is 0. The van der Waals surface area contributed by atoms with Crippen molar-refractivity contribution in [3.05, 3.63) is 0 Å². The minimum atomic E-state index is -2.43. The van der Waals surface area contributed by atoms with E-state index >= 15 is 0 Å². The third kappa shape index (κ3) is 2.59. The van der Waals surface area contributed by atoms with Crippen LogP contribution in [0.3, 0.4) is 0 Å². The second-order valence-corrected chi connectivity index (χ2v) is 27.8. The maximum atomic E-state index is 2.89. The molecule has 0 N–H and O–H groups in total. The number of rotatable bonds is 4. The Kier molecular flexibility index (Phi) is 5.46. The first-order valence-corrected chi connectivity index (χ1v) is 21.2. The number of fused-ring (bicyclic) bond motifs is 8. The van der Waals surface area contributed by atoms with E-state index in [0.29, 0.717) is 38.8 Å². The standard InChI is InChI=1S/4C10H17.Cr/c4*1-7-8-4-5-9(6-8)10(7,2)3;/h4*7,9H,4-6H2,1-3H3;. The molecular weight excluding hydrogens is 532 g/mol. The first kappa shape index (κ1) is 29.0. The fraction of sp³-hybridized carbons (Fsp3) is 1.00.